The summed E-state index contributed by atoms with van der Waals surface area (Å²) in [5, 5.41) is 6.03. The third-order valence-electron chi connectivity index (χ3n) is 5.91. The quantitative estimate of drug-likeness (QED) is 0.388. The summed E-state index contributed by atoms with van der Waals surface area (Å²) in [7, 11) is 0. The fourth-order valence-corrected chi connectivity index (χ4v) is 4.16. The van der Waals surface area contributed by atoms with E-state index >= 15 is 0 Å². The lowest BCUT2D eigenvalue weighted by Crippen LogP contribution is -2.35. The molecule has 1 amide bonds. The molecule has 2 aromatic heterocycles. The molecule has 1 aromatic carbocycles. The number of fused-ring (bicyclic) bond motifs is 1. The predicted octanol–water partition coefficient (Wildman–Crippen LogP) is 2.34. The highest BCUT2D eigenvalue weighted by molar-refractivity contribution is 5.75. The first kappa shape index (κ1) is 22.6. The van der Waals surface area contributed by atoms with E-state index in [1.54, 1.807) is 12.5 Å². The average Bonchev–Trinajstić information content (AvgIpc) is 3.47. The molecule has 0 bridgehead atoms. The van der Waals surface area contributed by atoms with Gasteiger partial charge in [0.15, 0.2) is 0 Å². The maximum Gasteiger partial charge on any atom is 0.329 e. The lowest BCUT2D eigenvalue weighted by Gasteiger charge is -2.10. The van der Waals surface area contributed by atoms with E-state index < -0.39 is 5.69 Å². The summed E-state index contributed by atoms with van der Waals surface area (Å²) in [5.41, 5.74) is 2.74. The number of H-pyrrole nitrogens is 1. The minimum absolute atomic E-state index is 0.0178. The summed E-state index contributed by atoms with van der Waals surface area (Å²) in [6.45, 7) is 1.69. The first-order chi connectivity index (χ1) is 16.1. The summed E-state index contributed by atoms with van der Waals surface area (Å²) in [5.74, 6) is 0.366. The fraction of sp³-hybridized carbons (Fsp3) is 0.417. The Labute approximate surface area is 191 Å². The number of hydrogen-bond donors (Lipinski definition) is 3. The number of nitrogens with zero attached hydrogens (tertiary/aromatic N) is 3. The number of aromatic nitrogens is 4. The van der Waals surface area contributed by atoms with Gasteiger partial charge in [-0.3, -0.25) is 19.1 Å². The van der Waals surface area contributed by atoms with Gasteiger partial charge >= 0.3 is 5.69 Å². The molecule has 0 saturated carbocycles. The third kappa shape index (κ3) is 6.21. The summed E-state index contributed by atoms with van der Waals surface area (Å²) < 4.78 is 3.14. The topological polar surface area (TPSA) is 114 Å². The van der Waals surface area contributed by atoms with Crippen molar-refractivity contribution < 1.29 is 4.79 Å². The van der Waals surface area contributed by atoms with Crippen LogP contribution in [-0.4, -0.2) is 31.6 Å². The van der Waals surface area contributed by atoms with Gasteiger partial charge in [0.25, 0.3) is 5.56 Å². The van der Waals surface area contributed by atoms with Crippen LogP contribution >= 0.6 is 0 Å². The molecule has 1 aliphatic rings. The van der Waals surface area contributed by atoms with Crippen LogP contribution in [0.1, 0.15) is 43.2 Å². The molecule has 0 unspecified atom stereocenters. The third-order valence-corrected chi connectivity index (χ3v) is 5.91. The van der Waals surface area contributed by atoms with E-state index in [9.17, 15) is 14.4 Å². The van der Waals surface area contributed by atoms with E-state index in [0.29, 0.717) is 31.6 Å². The van der Waals surface area contributed by atoms with Crippen molar-refractivity contribution in [2.75, 3.05) is 11.9 Å². The number of amides is 1. The zero-order valence-corrected chi connectivity index (χ0v) is 18.7. The first-order valence-corrected chi connectivity index (χ1v) is 11.5. The van der Waals surface area contributed by atoms with Gasteiger partial charge in [0.1, 0.15) is 5.82 Å². The molecule has 0 spiro atoms. The molecule has 0 atom stereocenters. The molecule has 3 N–H and O–H groups in total. The summed E-state index contributed by atoms with van der Waals surface area (Å²) in [6, 6.07) is 7.55. The Bertz CT molecular complexity index is 1160. The van der Waals surface area contributed by atoms with Gasteiger partial charge in [-0.15, -0.1) is 0 Å². The molecule has 2 heterocycles. The Kier molecular flexibility index (Phi) is 7.39. The number of carbonyl (C=O) groups excluding carboxylic acids is 1. The van der Waals surface area contributed by atoms with E-state index in [0.717, 1.165) is 31.5 Å². The van der Waals surface area contributed by atoms with Crippen molar-refractivity contribution in [2.45, 2.75) is 58.0 Å². The molecule has 0 saturated heterocycles. The molecule has 0 aliphatic heterocycles. The Morgan fingerprint density at radius 3 is 2.76 bits per heavy atom. The maximum absolute atomic E-state index is 12.5. The van der Waals surface area contributed by atoms with Crippen molar-refractivity contribution >= 4 is 17.4 Å². The Hall–Kier alpha value is -3.62. The lowest BCUT2D eigenvalue weighted by atomic mass is 10.1. The van der Waals surface area contributed by atoms with Gasteiger partial charge < -0.3 is 15.2 Å². The zero-order valence-electron chi connectivity index (χ0n) is 18.7. The Balaban J connectivity index is 1.20. The Morgan fingerprint density at radius 2 is 1.94 bits per heavy atom. The first-order valence-electron chi connectivity index (χ1n) is 11.5. The largest absolute Gasteiger partial charge is 0.356 e. The number of imidazole rings is 1. The van der Waals surface area contributed by atoms with Crippen LogP contribution in [0.5, 0.6) is 0 Å². The van der Waals surface area contributed by atoms with Crippen LogP contribution in [0, 0.1) is 0 Å². The number of nitrogens with one attached hydrogen (secondary N) is 3. The number of aryl methyl sites for hydroxylation is 3. The number of aromatic amines is 1. The van der Waals surface area contributed by atoms with Gasteiger partial charge in [0.05, 0.1) is 6.33 Å². The van der Waals surface area contributed by atoms with Gasteiger partial charge in [0.2, 0.25) is 5.91 Å². The van der Waals surface area contributed by atoms with Crippen LogP contribution in [0.4, 0.5) is 11.5 Å². The smallest absolute Gasteiger partial charge is 0.329 e. The molecule has 0 fully saturated rings. The minimum atomic E-state index is -0.449. The summed E-state index contributed by atoms with van der Waals surface area (Å²) in [6.07, 6.45) is 11.1. The lowest BCUT2D eigenvalue weighted by molar-refractivity contribution is -0.121. The number of benzene rings is 1. The molecule has 33 heavy (non-hydrogen) atoms. The minimum Gasteiger partial charge on any atom is -0.356 e. The van der Waals surface area contributed by atoms with Crippen LogP contribution in [0.3, 0.4) is 0 Å². The molecule has 1 aliphatic carbocycles. The second kappa shape index (κ2) is 10.8. The van der Waals surface area contributed by atoms with E-state index in [4.69, 9.17) is 0 Å². The standard InChI is InChI=1S/C24H30N6O3/c31-22(26-10-4-12-29-14-11-25-17-29)7-1-2-13-30-23(32)16-21(28-24(30)33)27-20-9-8-18-5-3-6-19(18)15-20/h8-9,11,14-17,27H,1-7,10,12-13H2,(H,26,31)(H,28,33). The number of anilines is 2. The van der Waals surface area contributed by atoms with Crippen molar-refractivity contribution in [3.05, 3.63) is 75.0 Å². The number of hydrogen-bond acceptors (Lipinski definition) is 5. The molecule has 174 valence electrons. The zero-order chi connectivity index (χ0) is 23.0. The van der Waals surface area contributed by atoms with Gasteiger partial charge in [-0.05, 0) is 61.8 Å². The van der Waals surface area contributed by atoms with Crippen LogP contribution in [-0.2, 0) is 30.7 Å². The summed E-state index contributed by atoms with van der Waals surface area (Å²) in [4.78, 5) is 43.6. The second-order valence-electron chi connectivity index (χ2n) is 8.40. The van der Waals surface area contributed by atoms with E-state index in [-0.39, 0.29) is 18.0 Å². The molecular weight excluding hydrogens is 420 g/mol. The SMILES string of the molecule is O=C(CCCCn1c(=O)cc(Nc2ccc3c(c2)CCC3)[nH]c1=O)NCCCn1ccnc1. The highest BCUT2D eigenvalue weighted by Gasteiger charge is 2.11. The van der Waals surface area contributed by atoms with Crippen LogP contribution in [0.2, 0.25) is 0 Å². The number of unbranched alkanes of at least 4 members (excludes halogenated alkanes) is 1. The second-order valence-corrected chi connectivity index (χ2v) is 8.40. The molecule has 3 aromatic rings. The van der Waals surface area contributed by atoms with Crippen molar-refractivity contribution in [1.82, 2.24) is 24.4 Å². The van der Waals surface area contributed by atoms with Crippen molar-refractivity contribution in [3.63, 3.8) is 0 Å². The summed E-state index contributed by atoms with van der Waals surface area (Å²) >= 11 is 0. The van der Waals surface area contributed by atoms with Crippen LogP contribution < -0.4 is 21.9 Å². The molecule has 0 radical (unpaired) electrons. The van der Waals surface area contributed by atoms with E-state index in [1.807, 2.05) is 16.8 Å². The molecule has 4 rings (SSSR count). The van der Waals surface area contributed by atoms with Gasteiger partial charge in [-0.25, -0.2) is 9.78 Å². The van der Waals surface area contributed by atoms with Crippen molar-refractivity contribution in [3.8, 4) is 0 Å². The predicted molar refractivity (Wildman–Crippen MR) is 127 cm³/mol. The highest BCUT2D eigenvalue weighted by atomic mass is 16.2. The number of carbonyl (C=O) groups is 1. The number of rotatable bonds is 11. The molecular formula is C24H30N6O3. The Morgan fingerprint density at radius 1 is 1.06 bits per heavy atom. The van der Waals surface area contributed by atoms with Gasteiger partial charge in [-0.2, -0.15) is 0 Å². The van der Waals surface area contributed by atoms with Gasteiger partial charge in [0, 0.05) is 50.2 Å². The van der Waals surface area contributed by atoms with E-state index in [2.05, 4.69) is 32.7 Å². The fourth-order valence-electron chi connectivity index (χ4n) is 4.16. The van der Waals surface area contributed by atoms with Gasteiger partial charge in [-0.1, -0.05) is 6.07 Å². The highest BCUT2D eigenvalue weighted by Crippen LogP contribution is 2.25. The average molecular weight is 451 g/mol. The van der Waals surface area contributed by atoms with E-state index in [1.165, 1.54) is 28.2 Å². The monoisotopic (exact) mass is 450 g/mol. The molecule has 9 heteroatoms. The van der Waals surface area contributed by atoms with Crippen LogP contribution in [0.15, 0.2) is 52.6 Å². The molecule has 9 nitrogen and oxygen atoms in total. The normalized spacial score (nSPS) is 12.5. The van der Waals surface area contributed by atoms with Crippen LogP contribution in [0.25, 0.3) is 0 Å². The maximum atomic E-state index is 12.5. The van der Waals surface area contributed by atoms with Crippen molar-refractivity contribution in [1.29, 1.82) is 0 Å². The van der Waals surface area contributed by atoms with Crippen molar-refractivity contribution in [2.24, 2.45) is 0 Å².